The van der Waals surface area contributed by atoms with Crippen LogP contribution in [0.3, 0.4) is 0 Å². The van der Waals surface area contributed by atoms with Gasteiger partial charge in [-0.25, -0.2) is 0 Å². The van der Waals surface area contributed by atoms with E-state index in [1.807, 2.05) is 4.90 Å². The van der Waals surface area contributed by atoms with Crippen LogP contribution in [0.5, 0.6) is 0 Å². The number of hydrogen-bond acceptors (Lipinski definition) is 6. The number of Topliss-reactive ketones (excluding diaryl/α,β-unsaturated/α-hetero) is 1. The molecule has 0 unspecified atom stereocenters. The number of anilines is 1. The van der Waals surface area contributed by atoms with Crippen molar-refractivity contribution in [1.82, 2.24) is 15.1 Å². The van der Waals surface area contributed by atoms with Crippen molar-refractivity contribution < 1.29 is 9.59 Å². The lowest BCUT2D eigenvalue weighted by Crippen LogP contribution is -2.34. The second-order valence-corrected chi connectivity index (χ2v) is 8.06. The highest BCUT2D eigenvalue weighted by molar-refractivity contribution is 7.17. The van der Waals surface area contributed by atoms with Crippen molar-refractivity contribution in [3.63, 3.8) is 0 Å². The number of ketones is 1. The Bertz CT molecular complexity index is 613. The molecule has 1 aromatic rings. The van der Waals surface area contributed by atoms with Gasteiger partial charge in [-0.05, 0) is 37.5 Å². The van der Waals surface area contributed by atoms with E-state index < -0.39 is 0 Å². The summed E-state index contributed by atoms with van der Waals surface area (Å²) in [6.45, 7) is 3.59. The van der Waals surface area contributed by atoms with Crippen molar-refractivity contribution in [3.8, 4) is 0 Å². The topological polar surface area (TPSA) is 66.4 Å². The largest absolute Gasteiger partial charge is 0.347 e. The summed E-state index contributed by atoms with van der Waals surface area (Å²) in [5.41, 5.74) is 0.173. The zero-order chi connectivity index (χ0) is 15.9. The highest BCUT2D eigenvalue weighted by atomic mass is 32.1. The molecule has 3 heterocycles. The normalized spacial score (nSPS) is 23.9. The third-order valence-electron chi connectivity index (χ3n) is 5.57. The molecule has 2 aliphatic heterocycles. The predicted octanol–water partition coefficient (Wildman–Crippen LogP) is 2.11. The average molecular weight is 334 g/mol. The zero-order valence-corrected chi connectivity index (χ0v) is 14.1. The fraction of sp³-hybridized carbons (Fsp3) is 0.750. The Morgan fingerprint density at radius 1 is 1.04 bits per heavy atom. The molecule has 6 nitrogen and oxygen atoms in total. The second-order valence-electron chi connectivity index (χ2n) is 7.10. The number of carbonyl (C=O) groups excluding carboxylic acids is 2. The number of nitrogens with zero attached hydrogens (tertiary/aromatic N) is 4. The first-order valence-electron chi connectivity index (χ1n) is 8.55. The van der Waals surface area contributed by atoms with Gasteiger partial charge in [0, 0.05) is 39.0 Å². The van der Waals surface area contributed by atoms with E-state index in [0.717, 1.165) is 50.6 Å². The molecule has 1 aromatic heterocycles. The van der Waals surface area contributed by atoms with Gasteiger partial charge in [0.25, 0.3) is 5.91 Å². The zero-order valence-electron chi connectivity index (χ0n) is 13.3. The van der Waals surface area contributed by atoms with Crippen LogP contribution in [0.25, 0.3) is 0 Å². The first kappa shape index (κ1) is 15.1. The van der Waals surface area contributed by atoms with Crippen LogP contribution in [0.15, 0.2) is 0 Å². The van der Waals surface area contributed by atoms with Gasteiger partial charge in [0.1, 0.15) is 5.78 Å². The van der Waals surface area contributed by atoms with Crippen molar-refractivity contribution in [2.75, 3.05) is 31.1 Å². The Hall–Kier alpha value is -1.50. The first-order valence-corrected chi connectivity index (χ1v) is 9.36. The lowest BCUT2D eigenvalue weighted by molar-refractivity contribution is -0.122. The summed E-state index contributed by atoms with van der Waals surface area (Å²) < 4.78 is 0. The maximum atomic E-state index is 12.7. The Kier molecular flexibility index (Phi) is 3.83. The van der Waals surface area contributed by atoms with Gasteiger partial charge >= 0.3 is 0 Å². The van der Waals surface area contributed by atoms with Crippen LogP contribution in [0.4, 0.5) is 5.13 Å². The fourth-order valence-corrected chi connectivity index (χ4v) is 4.91. The Morgan fingerprint density at radius 2 is 1.78 bits per heavy atom. The van der Waals surface area contributed by atoms with Crippen LogP contribution in [0, 0.1) is 5.41 Å². The summed E-state index contributed by atoms with van der Waals surface area (Å²) in [6, 6.07) is 0. The summed E-state index contributed by atoms with van der Waals surface area (Å²) in [4.78, 5) is 28.3. The molecule has 3 aliphatic rings. The molecule has 0 atom stereocenters. The van der Waals surface area contributed by atoms with Gasteiger partial charge in [0.15, 0.2) is 0 Å². The number of aromatic nitrogens is 2. The van der Waals surface area contributed by atoms with Gasteiger partial charge in [-0.2, -0.15) is 0 Å². The average Bonchev–Trinajstić information content (AvgIpc) is 3.30. The smallest absolute Gasteiger partial charge is 0.284 e. The summed E-state index contributed by atoms with van der Waals surface area (Å²) in [6.07, 6.45) is 6.63. The predicted molar refractivity (Wildman–Crippen MR) is 87.8 cm³/mol. The Labute approximate surface area is 139 Å². The molecule has 1 spiro atoms. The van der Waals surface area contributed by atoms with E-state index in [0.29, 0.717) is 23.6 Å². The van der Waals surface area contributed by atoms with E-state index in [-0.39, 0.29) is 11.3 Å². The monoisotopic (exact) mass is 334 g/mol. The van der Waals surface area contributed by atoms with Gasteiger partial charge in [-0.15, -0.1) is 10.2 Å². The van der Waals surface area contributed by atoms with Crippen LogP contribution in [-0.2, 0) is 4.79 Å². The number of hydrogen-bond donors (Lipinski definition) is 0. The van der Waals surface area contributed by atoms with Crippen LogP contribution in [-0.4, -0.2) is 53.0 Å². The molecule has 0 bridgehead atoms. The van der Waals surface area contributed by atoms with Crippen molar-refractivity contribution in [2.24, 2.45) is 5.41 Å². The third kappa shape index (κ3) is 2.86. The molecule has 3 fully saturated rings. The lowest BCUT2D eigenvalue weighted by atomic mass is 9.73. The quantitative estimate of drug-likeness (QED) is 0.829. The SMILES string of the molecule is O=C1CCC2(CC1)CCN(C(=O)c1nnc(N3CCCC3)s1)C2. The Morgan fingerprint density at radius 3 is 2.52 bits per heavy atom. The number of amides is 1. The van der Waals surface area contributed by atoms with Crippen molar-refractivity contribution in [1.29, 1.82) is 0 Å². The van der Waals surface area contributed by atoms with E-state index in [1.165, 1.54) is 24.2 Å². The summed E-state index contributed by atoms with van der Waals surface area (Å²) in [7, 11) is 0. The molecule has 0 N–H and O–H groups in total. The van der Waals surface area contributed by atoms with E-state index in [4.69, 9.17) is 0 Å². The molecule has 1 amide bonds. The minimum Gasteiger partial charge on any atom is -0.347 e. The van der Waals surface area contributed by atoms with E-state index >= 15 is 0 Å². The third-order valence-corrected chi connectivity index (χ3v) is 6.54. The van der Waals surface area contributed by atoms with Crippen molar-refractivity contribution >= 4 is 28.2 Å². The molecular formula is C16H22N4O2S. The maximum Gasteiger partial charge on any atom is 0.284 e. The molecule has 4 rings (SSSR count). The molecular weight excluding hydrogens is 312 g/mol. The van der Waals surface area contributed by atoms with E-state index in [9.17, 15) is 9.59 Å². The highest BCUT2D eigenvalue weighted by Gasteiger charge is 2.42. The van der Waals surface area contributed by atoms with Crippen molar-refractivity contribution in [2.45, 2.75) is 44.9 Å². The first-order chi connectivity index (χ1) is 11.2. The van der Waals surface area contributed by atoms with E-state index in [1.54, 1.807) is 0 Å². The second kappa shape index (κ2) is 5.85. The van der Waals surface area contributed by atoms with Crippen LogP contribution < -0.4 is 4.90 Å². The molecule has 2 saturated heterocycles. The standard InChI is InChI=1S/C16H22N4O2S/c21-12-3-5-16(6-4-12)7-10-20(11-16)14(22)13-17-18-15(23-13)19-8-1-2-9-19/h1-11H2. The van der Waals surface area contributed by atoms with Crippen LogP contribution >= 0.6 is 11.3 Å². The number of rotatable bonds is 2. The summed E-state index contributed by atoms with van der Waals surface area (Å²) in [5.74, 6) is 0.390. The van der Waals surface area contributed by atoms with Crippen molar-refractivity contribution in [3.05, 3.63) is 5.01 Å². The molecule has 0 radical (unpaired) electrons. The molecule has 23 heavy (non-hydrogen) atoms. The number of likely N-dealkylation sites (tertiary alicyclic amines) is 1. The van der Waals surface area contributed by atoms with Gasteiger partial charge in [0.2, 0.25) is 10.1 Å². The molecule has 124 valence electrons. The molecule has 1 aliphatic carbocycles. The Balaban J connectivity index is 1.42. The minimum absolute atomic E-state index is 0.0155. The van der Waals surface area contributed by atoms with E-state index in [2.05, 4.69) is 15.1 Å². The highest BCUT2D eigenvalue weighted by Crippen LogP contribution is 2.43. The molecule has 1 saturated carbocycles. The lowest BCUT2D eigenvalue weighted by Gasteiger charge is -2.32. The fourth-order valence-electron chi connectivity index (χ4n) is 4.05. The minimum atomic E-state index is 0.0155. The molecule has 7 heteroatoms. The van der Waals surface area contributed by atoms with Crippen LogP contribution in [0.2, 0.25) is 0 Å². The van der Waals surface area contributed by atoms with Gasteiger partial charge in [-0.1, -0.05) is 11.3 Å². The number of carbonyl (C=O) groups is 2. The summed E-state index contributed by atoms with van der Waals surface area (Å²) >= 11 is 1.42. The molecule has 0 aromatic carbocycles. The van der Waals surface area contributed by atoms with Gasteiger partial charge in [0.05, 0.1) is 0 Å². The van der Waals surface area contributed by atoms with Gasteiger partial charge < -0.3 is 9.80 Å². The van der Waals surface area contributed by atoms with Gasteiger partial charge in [-0.3, -0.25) is 9.59 Å². The van der Waals surface area contributed by atoms with Crippen LogP contribution in [0.1, 0.15) is 54.7 Å². The maximum absolute atomic E-state index is 12.7. The summed E-state index contributed by atoms with van der Waals surface area (Å²) in [5, 5.41) is 9.73.